The Morgan fingerprint density at radius 1 is 1.42 bits per heavy atom. The lowest BCUT2D eigenvalue weighted by atomic mass is 10.1. The average Bonchev–Trinajstić information content (AvgIpc) is 3.28. The molecule has 2 aromatic rings. The van der Waals surface area contributed by atoms with E-state index in [4.69, 9.17) is 0 Å². The van der Waals surface area contributed by atoms with Crippen molar-refractivity contribution in [3.05, 3.63) is 29.1 Å². The normalized spacial score (nSPS) is 16.5. The number of carbonyl (C=O) groups excluding carboxylic acids is 1. The van der Waals surface area contributed by atoms with E-state index in [1.54, 1.807) is 6.33 Å². The molecule has 0 aliphatic heterocycles. The lowest BCUT2D eigenvalue weighted by Gasteiger charge is -2.18. The van der Waals surface area contributed by atoms with Crippen molar-refractivity contribution in [3.63, 3.8) is 0 Å². The summed E-state index contributed by atoms with van der Waals surface area (Å²) in [6, 6.07) is 0.339. The Bertz CT molecular complexity index is 698. The van der Waals surface area contributed by atoms with Gasteiger partial charge in [0, 0.05) is 24.6 Å². The van der Waals surface area contributed by atoms with Crippen LogP contribution < -0.4 is 5.32 Å². The molecule has 1 aliphatic carbocycles. The third-order valence-corrected chi connectivity index (χ3v) is 5.03. The van der Waals surface area contributed by atoms with E-state index in [9.17, 15) is 4.79 Å². The first-order valence-corrected chi connectivity index (χ1v) is 8.75. The molecular formula is C17H26N6O. The van der Waals surface area contributed by atoms with E-state index in [1.165, 1.54) is 25.7 Å². The lowest BCUT2D eigenvalue weighted by Crippen LogP contribution is -2.29. The number of carbonyl (C=O) groups is 1. The summed E-state index contributed by atoms with van der Waals surface area (Å²) in [5.74, 6) is 0.866. The summed E-state index contributed by atoms with van der Waals surface area (Å²) in [5, 5.41) is 18.5. The molecule has 0 bridgehead atoms. The molecule has 2 heterocycles. The van der Waals surface area contributed by atoms with E-state index in [0.717, 1.165) is 22.8 Å². The van der Waals surface area contributed by atoms with Crippen molar-refractivity contribution in [1.82, 2.24) is 30.3 Å². The molecule has 0 spiro atoms. The molecule has 0 radical (unpaired) electrons. The molecule has 130 valence electrons. The number of H-pyrrole nitrogens is 1. The zero-order valence-corrected chi connectivity index (χ0v) is 14.7. The number of aromatic amines is 1. The number of hydrogen-bond acceptors (Lipinski definition) is 4. The van der Waals surface area contributed by atoms with Crippen molar-refractivity contribution >= 4 is 5.91 Å². The van der Waals surface area contributed by atoms with Crippen molar-refractivity contribution in [2.75, 3.05) is 0 Å². The Morgan fingerprint density at radius 3 is 2.83 bits per heavy atom. The van der Waals surface area contributed by atoms with Gasteiger partial charge in [-0.3, -0.25) is 9.89 Å². The van der Waals surface area contributed by atoms with Crippen LogP contribution in [-0.4, -0.2) is 30.9 Å². The van der Waals surface area contributed by atoms with Crippen LogP contribution in [0, 0.1) is 13.8 Å². The van der Waals surface area contributed by atoms with Gasteiger partial charge in [-0.05, 0) is 39.2 Å². The zero-order chi connectivity index (χ0) is 17.1. The fraction of sp³-hybridized carbons (Fsp3) is 0.647. The van der Waals surface area contributed by atoms with E-state index in [1.807, 2.05) is 20.8 Å². The van der Waals surface area contributed by atoms with Gasteiger partial charge in [0.25, 0.3) is 0 Å². The lowest BCUT2D eigenvalue weighted by molar-refractivity contribution is -0.121. The maximum absolute atomic E-state index is 12.3. The second-order valence-electron chi connectivity index (χ2n) is 6.74. The van der Waals surface area contributed by atoms with E-state index in [-0.39, 0.29) is 11.9 Å². The number of rotatable bonds is 6. The third-order valence-electron chi connectivity index (χ3n) is 5.03. The van der Waals surface area contributed by atoms with E-state index >= 15 is 0 Å². The average molecular weight is 330 g/mol. The van der Waals surface area contributed by atoms with Crippen molar-refractivity contribution < 1.29 is 4.79 Å². The largest absolute Gasteiger partial charge is 0.346 e. The predicted molar refractivity (Wildman–Crippen MR) is 90.5 cm³/mol. The molecule has 3 rings (SSSR count). The molecule has 1 amide bonds. The number of nitrogens with one attached hydrogen (secondary N) is 2. The minimum absolute atomic E-state index is 0.0172. The van der Waals surface area contributed by atoms with Crippen LogP contribution in [0.3, 0.4) is 0 Å². The number of aromatic nitrogens is 5. The summed E-state index contributed by atoms with van der Waals surface area (Å²) >= 11 is 0. The molecule has 1 atom stereocenters. The molecule has 7 heteroatoms. The first kappa shape index (κ1) is 16.7. The van der Waals surface area contributed by atoms with Crippen molar-refractivity contribution in [2.45, 2.75) is 71.4 Å². The van der Waals surface area contributed by atoms with Gasteiger partial charge in [0.1, 0.15) is 6.33 Å². The van der Waals surface area contributed by atoms with Crippen LogP contribution in [0.15, 0.2) is 6.33 Å². The molecule has 24 heavy (non-hydrogen) atoms. The highest BCUT2D eigenvalue weighted by Gasteiger charge is 2.23. The predicted octanol–water partition coefficient (Wildman–Crippen LogP) is 2.54. The van der Waals surface area contributed by atoms with Gasteiger partial charge in [-0.2, -0.15) is 5.10 Å². The Labute approximate surface area is 142 Å². The first-order chi connectivity index (χ1) is 11.6. The van der Waals surface area contributed by atoms with Gasteiger partial charge in [-0.1, -0.05) is 12.8 Å². The van der Waals surface area contributed by atoms with Crippen molar-refractivity contribution in [3.8, 4) is 0 Å². The fourth-order valence-corrected chi connectivity index (χ4v) is 3.41. The number of amides is 1. The van der Waals surface area contributed by atoms with Gasteiger partial charge >= 0.3 is 0 Å². The second-order valence-corrected chi connectivity index (χ2v) is 6.74. The molecule has 7 nitrogen and oxygen atoms in total. The minimum Gasteiger partial charge on any atom is -0.346 e. The van der Waals surface area contributed by atoms with Crippen molar-refractivity contribution in [1.29, 1.82) is 0 Å². The summed E-state index contributed by atoms with van der Waals surface area (Å²) in [5.41, 5.74) is 3.16. The zero-order valence-electron chi connectivity index (χ0n) is 14.7. The van der Waals surface area contributed by atoms with Gasteiger partial charge in [-0.25, -0.2) is 0 Å². The molecule has 2 aromatic heterocycles. The Kier molecular flexibility index (Phi) is 4.97. The molecule has 1 aliphatic rings. The number of aryl methyl sites for hydroxylation is 2. The van der Waals surface area contributed by atoms with Crippen molar-refractivity contribution in [2.24, 2.45) is 0 Å². The number of hydrogen-bond donors (Lipinski definition) is 2. The monoisotopic (exact) mass is 330 g/mol. The second kappa shape index (κ2) is 7.15. The standard InChI is InChI=1S/C17H26N6O/c1-11-12(2)20-21-15(11)8-9-16(24)19-13(3)17-22-18-10-23(17)14-6-4-5-7-14/h10,13-14H,4-9H2,1-3H3,(H,19,24)(H,20,21)/t13-/m0/s1. The van der Waals surface area contributed by atoms with Crippen LogP contribution in [0.25, 0.3) is 0 Å². The van der Waals surface area contributed by atoms with Crippen LogP contribution in [0.1, 0.15) is 73.9 Å². The van der Waals surface area contributed by atoms with E-state index in [0.29, 0.717) is 18.9 Å². The molecule has 0 aromatic carbocycles. The number of nitrogens with zero attached hydrogens (tertiary/aromatic N) is 4. The van der Waals surface area contributed by atoms with Crippen LogP contribution in [-0.2, 0) is 11.2 Å². The van der Waals surface area contributed by atoms with Crippen LogP contribution in [0.4, 0.5) is 0 Å². The Morgan fingerprint density at radius 2 is 2.17 bits per heavy atom. The Hall–Kier alpha value is -2.18. The smallest absolute Gasteiger partial charge is 0.220 e. The molecular weight excluding hydrogens is 304 g/mol. The van der Waals surface area contributed by atoms with Gasteiger partial charge < -0.3 is 9.88 Å². The highest BCUT2D eigenvalue weighted by Crippen LogP contribution is 2.31. The maximum Gasteiger partial charge on any atom is 0.220 e. The summed E-state index contributed by atoms with van der Waals surface area (Å²) in [4.78, 5) is 12.3. The summed E-state index contributed by atoms with van der Waals surface area (Å²) in [6.45, 7) is 5.99. The summed E-state index contributed by atoms with van der Waals surface area (Å²) < 4.78 is 2.14. The highest BCUT2D eigenvalue weighted by molar-refractivity contribution is 5.76. The van der Waals surface area contributed by atoms with Crippen LogP contribution in [0.5, 0.6) is 0 Å². The van der Waals surface area contributed by atoms with E-state index in [2.05, 4.69) is 30.3 Å². The van der Waals surface area contributed by atoms with Gasteiger partial charge in [-0.15, -0.1) is 10.2 Å². The SMILES string of the molecule is Cc1[nH]nc(CCC(=O)N[C@@H](C)c2nncn2C2CCCC2)c1C. The fourth-order valence-electron chi connectivity index (χ4n) is 3.41. The minimum atomic E-state index is -0.136. The first-order valence-electron chi connectivity index (χ1n) is 8.75. The molecule has 0 unspecified atom stereocenters. The topological polar surface area (TPSA) is 88.5 Å². The van der Waals surface area contributed by atoms with Gasteiger partial charge in [0.05, 0.1) is 11.7 Å². The Balaban J connectivity index is 1.56. The summed E-state index contributed by atoms with van der Waals surface area (Å²) in [6.07, 6.45) is 7.71. The third kappa shape index (κ3) is 3.49. The summed E-state index contributed by atoms with van der Waals surface area (Å²) in [7, 11) is 0. The molecule has 1 fully saturated rings. The van der Waals surface area contributed by atoms with E-state index < -0.39 is 0 Å². The molecule has 0 saturated heterocycles. The quantitative estimate of drug-likeness (QED) is 0.852. The highest BCUT2D eigenvalue weighted by atomic mass is 16.1. The maximum atomic E-state index is 12.3. The van der Waals surface area contributed by atoms with Crippen LogP contribution in [0.2, 0.25) is 0 Å². The molecule has 2 N–H and O–H groups in total. The van der Waals surface area contributed by atoms with Gasteiger partial charge in [0.2, 0.25) is 5.91 Å². The van der Waals surface area contributed by atoms with Crippen LogP contribution >= 0.6 is 0 Å². The van der Waals surface area contributed by atoms with Gasteiger partial charge in [0.15, 0.2) is 5.82 Å². The molecule has 1 saturated carbocycles.